The first kappa shape index (κ1) is 15.3. The van der Waals surface area contributed by atoms with Gasteiger partial charge >= 0.3 is 0 Å². The van der Waals surface area contributed by atoms with Crippen molar-refractivity contribution < 1.29 is 8.42 Å². The number of anilines is 1. The van der Waals surface area contributed by atoms with Crippen molar-refractivity contribution in [2.24, 2.45) is 7.05 Å². The maximum Gasteiger partial charge on any atom is 0.263 e. The second kappa shape index (κ2) is 5.89. The largest absolute Gasteiger partial charge is 0.266 e. The van der Waals surface area contributed by atoms with E-state index < -0.39 is 10.0 Å². The van der Waals surface area contributed by atoms with Crippen LogP contribution in [0, 0.1) is 6.92 Å². The summed E-state index contributed by atoms with van der Waals surface area (Å²) in [6.45, 7) is 1.91. The Labute approximate surface area is 135 Å². The van der Waals surface area contributed by atoms with E-state index in [0.717, 1.165) is 16.8 Å². The molecule has 3 aromatic rings. The standard InChI is InChI=1S/C17H17N3O2S/c1-13-8-10-15(11-9-13)23(21,22)19-17-12-16(20(2)18-17)14-6-4-3-5-7-14/h3-12H,1-2H3,(H,18,19). The lowest BCUT2D eigenvalue weighted by molar-refractivity contribution is 0.601. The number of nitrogens with one attached hydrogen (secondary N) is 1. The van der Waals surface area contributed by atoms with Crippen molar-refractivity contribution in [2.45, 2.75) is 11.8 Å². The van der Waals surface area contributed by atoms with Gasteiger partial charge < -0.3 is 0 Å². The fourth-order valence-corrected chi connectivity index (χ4v) is 3.30. The smallest absolute Gasteiger partial charge is 0.263 e. The lowest BCUT2D eigenvalue weighted by atomic mass is 10.1. The third-order valence-corrected chi connectivity index (χ3v) is 4.89. The van der Waals surface area contributed by atoms with Crippen LogP contribution >= 0.6 is 0 Å². The van der Waals surface area contributed by atoms with E-state index in [1.165, 1.54) is 0 Å². The predicted molar refractivity (Wildman–Crippen MR) is 90.6 cm³/mol. The second-order valence-electron chi connectivity index (χ2n) is 5.32. The fraction of sp³-hybridized carbons (Fsp3) is 0.118. The molecule has 118 valence electrons. The quantitative estimate of drug-likeness (QED) is 0.800. The molecule has 0 fully saturated rings. The van der Waals surface area contributed by atoms with Crippen molar-refractivity contribution in [3.05, 3.63) is 66.2 Å². The van der Waals surface area contributed by atoms with E-state index in [1.54, 1.807) is 42.1 Å². The Hall–Kier alpha value is -2.60. The highest BCUT2D eigenvalue weighted by atomic mass is 32.2. The third kappa shape index (κ3) is 3.27. The molecule has 0 amide bonds. The van der Waals surface area contributed by atoms with Crippen LogP contribution in [0.5, 0.6) is 0 Å². The Bertz CT molecular complexity index is 914. The monoisotopic (exact) mass is 327 g/mol. The molecule has 0 bridgehead atoms. The highest BCUT2D eigenvalue weighted by molar-refractivity contribution is 7.92. The van der Waals surface area contributed by atoms with E-state index in [0.29, 0.717) is 5.82 Å². The van der Waals surface area contributed by atoms with Crippen molar-refractivity contribution in [2.75, 3.05) is 4.72 Å². The van der Waals surface area contributed by atoms with Gasteiger partial charge in [-0.25, -0.2) is 8.42 Å². The number of aryl methyl sites for hydroxylation is 2. The highest BCUT2D eigenvalue weighted by Crippen LogP contribution is 2.23. The molecule has 6 heteroatoms. The van der Waals surface area contributed by atoms with E-state index in [9.17, 15) is 8.42 Å². The molecule has 0 saturated heterocycles. The Balaban J connectivity index is 1.90. The SMILES string of the molecule is Cc1ccc(S(=O)(=O)Nc2cc(-c3ccccc3)n(C)n2)cc1. The van der Waals surface area contributed by atoms with Gasteiger partial charge in [0.05, 0.1) is 10.6 Å². The molecule has 2 aromatic carbocycles. The van der Waals surface area contributed by atoms with Crippen LogP contribution in [0.2, 0.25) is 0 Å². The molecule has 0 aliphatic heterocycles. The van der Waals surface area contributed by atoms with E-state index in [2.05, 4.69) is 9.82 Å². The van der Waals surface area contributed by atoms with Gasteiger partial charge in [0, 0.05) is 13.1 Å². The topological polar surface area (TPSA) is 64.0 Å². The molecule has 0 radical (unpaired) electrons. The summed E-state index contributed by atoms with van der Waals surface area (Å²) in [5.41, 5.74) is 2.82. The molecule has 0 aliphatic rings. The number of rotatable bonds is 4. The van der Waals surface area contributed by atoms with Gasteiger partial charge in [0.1, 0.15) is 0 Å². The van der Waals surface area contributed by atoms with Crippen LogP contribution in [0.4, 0.5) is 5.82 Å². The summed E-state index contributed by atoms with van der Waals surface area (Å²) in [5, 5.41) is 4.24. The molecule has 1 heterocycles. The summed E-state index contributed by atoms with van der Waals surface area (Å²) in [4.78, 5) is 0.218. The van der Waals surface area contributed by atoms with Crippen LogP contribution in [0.15, 0.2) is 65.6 Å². The number of nitrogens with zero attached hydrogens (tertiary/aromatic N) is 2. The summed E-state index contributed by atoms with van der Waals surface area (Å²) >= 11 is 0. The number of aromatic nitrogens is 2. The van der Waals surface area contributed by atoms with Crippen LogP contribution in [0.25, 0.3) is 11.3 Å². The number of benzene rings is 2. The molecule has 0 spiro atoms. The van der Waals surface area contributed by atoms with Crippen molar-refractivity contribution >= 4 is 15.8 Å². The molecule has 0 saturated carbocycles. The minimum Gasteiger partial charge on any atom is -0.266 e. The minimum absolute atomic E-state index is 0.218. The van der Waals surface area contributed by atoms with Crippen LogP contribution in [0.1, 0.15) is 5.56 Å². The maximum absolute atomic E-state index is 12.4. The zero-order valence-electron chi connectivity index (χ0n) is 12.9. The molecule has 23 heavy (non-hydrogen) atoms. The molecule has 0 unspecified atom stereocenters. The van der Waals surface area contributed by atoms with Crippen molar-refractivity contribution in [3.8, 4) is 11.3 Å². The zero-order valence-corrected chi connectivity index (χ0v) is 13.7. The summed E-state index contributed by atoms with van der Waals surface area (Å²) in [6, 6.07) is 18.1. The van der Waals surface area contributed by atoms with Gasteiger partial charge in [-0.2, -0.15) is 5.10 Å². The third-order valence-electron chi connectivity index (χ3n) is 3.52. The van der Waals surface area contributed by atoms with Crippen LogP contribution in [-0.2, 0) is 17.1 Å². The van der Waals surface area contributed by atoms with Crippen molar-refractivity contribution in [1.82, 2.24) is 9.78 Å². The molecule has 3 rings (SSSR count). The Morgan fingerprint density at radius 3 is 2.30 bits per heavy atom. The van der Waals surface area contributed by atoms with E-state index in [1.807, 2.05) is 37.3 Å². The lowest BCUT2D eigenvalue weighted by Gasteiger charge is -2.05. The van der Waals surface area contributed by atoms with Gasteiger partial charge in [-0.3, -0.25) is 9.40 Å². The van der Waals surface area contributed by atoms with Crippen LogP contribution in [0.3, 0.4) is 0 Å². The first-order valence-electron chi connectivity index (χ1n) is 7.15. The molecule has 0 atom stereocenters. The Morgan fingerprint density at radius 1 is 1.00 bits per heavy atom. The number of hydrogen-bond acceptors (Lipinski definition) is 3. The summed E-state index contributed by atoms with van der Waals surface area (Å²) in [7, 11) is -1.86. The first-order valence-corrected chi connectivity index (χ1v) is 8.63. The molecule has 1 N–H and O–H groups in total. The number of hydrogen-bond donors (Lipinski definition) is 1. The van der Waals surface area contributed by atoms with Gasteiger partial charge in [0.25, 0.3) is 10.0 Å². The summed E-state index contributed by atoms with van der Waals surface area (Å²) in [6.07, 6.45) is 0. The van der Waals surface area contributed by atoms with E-state index in [-0.39, 0.29) is 4.90 Å². The molecular weight excluding hydrogens is 310 g/mol. The van der Waals surface area contributed by atoms with Crippen molar-refractivity contribution in [1.29, 1.82) is 0 Å². The van der Waals surface area contributed by atoms with E-state index in [4.69, 9.17) is 0 Å². The van der Waals surface area contributed by atoms with Crippen molar-refractivity contribution in [3.63, 3.8) is 0 Å². The molecule has 5 nitrogen and oxygen atoms in total. The van der Waals surface area contributed by atoms with E-state index >= 15 is 0 Å². The first-order chi connectivity index (χ1) is 11.0. The minimum atomic E-state index is -3.64. The van der Waals surface area contributed by atoms with Gasteiger partial charge in [-0.1, -0.05) is 48.0 Å². The second-order valence-corrected chi connectivity index (χ2v) is 7.01. The number of sulfonamides is 1. The lowest BCUT2D eigenvalue weighted by Crippen LogP contribution is -2.13. The molecular formula is C17H17N3O2S. The Kier molecular flexibility index (Phi) is 3.92. The Morgan fingerprint density at radius 2 is 1.65 bits per heavy atom. The van der Waals surface area contributed by atoms with Crippen LogP contribution in [-0.4, -0.2) is 18.2 Å². The van der Waals surface area contributed by atoms with Gasteiger partial charge in [0.2, 0.25) is 0 Å². The average Bonchev–Trinajstić information content (AvgIpc) is 2.88. The molecule has 0 aliphatic carbocycles. The van der Waals surface area contributed by atoms with Gasteiger partial charge in [-0.05, 0) is 24.6 Å². The zero-order chi connectivity index (χ0) is 16.4. The summed E-state index contributed by atoms with van der Waals surface area (Å²) in [5.74, 6) is 0.298. The highest BCUT2D eigenvalue weighted by Gasteiger charge is 2.16. The normalized spacial score (nSPS) is 11.4. The van der Waals surface area contributed by atoms with Gasteiger partial charge in [0.15, 0.2) is 5.82 Å². The fourth-order valence-electron chi connectivity index (χ4n) is 2.31. The predicted octanol–water partition coefficient (Wildman–Crippen LogP) is 3.20. The average molecular weight is 327 g/mol. The molecule has 1 aromatic heterocycles. The van der Waals surface area contributed by atoms with Crippen LogP contribution < -0.4 is 4.72 Å². The maximum atomic E-state index is 12.4. The summed E-state index contributed by atoms with van der Waals surface area (Å²) < 4.78 is 29.0. The van der Waals surface area contributed by atoms with Gasteiger partial charge in [-0.15, -0.1) is 0 Å².